The molecule has 12 nitrogen and oxygen atoms in total. The first-order valence-electron chi connectivity index (χ1n) is 16.5. The van der Waals surface area contributed by atoms with Gasteiger partial charge in [-0.05, 0) is 12.1 Å². The second-order valence-electron chi connectivity index (χ2n) is 11.7. The van der Waals surface area contributed by atoms with Crippen LogP contribution in [-0.2, 0) is 25.2 Å². The van der Waals surface area contributed by atoms with Crippen LogP contribution in [0.3, 0.4) is 0 Å². The number of anilines is 2. The minimum absolute atomic E-state index is 0. The van der Waals surface area contributed by atoms with Gasteiger partial charge in [0.25, 0.3) is 0 Å². The number of piperidine rings is 1. The van der Waals surface area contributed by atoms with E-state index in [1.54, 1.807) is 0 Å². The predicted octanol–water partition coefficient (Wildman–Crippen LogP) is -0.0673. The number of rotatable bonds is 17. The molecule has 4 atom stereocenters. The SMILES string of the molecule is [CH2-]C1CCN(c2ccccc2)CC1.[CH2-]CN(C[CH2-])C[C@H]1OC[C@H](Nc2nc(OCCOCCOCCN)cc(C(F)(F)F)n2)[C@@H](C=O)[C@H]1O.[Li+]. The number of ether oxygens (including phenoxy) is 4. The van der Waals surface area contributed by atoms with Crippen molar-refractivity contribution in [3.63, 3.8) is 0 Å². The quantitative estimate of drug-likeness (QED) is 0.0879. The van der Waals surface area contributed by atoms with Crippen molar-refractivity contribution >= 4 is 17.9 Å². The van der Waals surface area contributed by atoms with Gasteiger partial charge in [0.15, 0.2) is 5.69 Å². The number of carbonyl (C=O) groups excluding carboxylic acids is 1. The Morgan fingerprint density at radius 3 is 2.30 bits per heavy atom. The smallest absolute Gasteiger partial charge is 0.475 e. The van der Waals surface area contributed by atoms with Crippen LogP contribution in [0.25, 0.3) is 0 Å². The van der Waals surface area contributed by atoms with E-state index in [1.807, 2.05) is 4.90 Å². The summed E-state index contributed by atoms with van der Waals surface area (Å²) in [5, 5.41) is 13.3. The summed E-state index contributed by atoms with van der Waals surface area (Å²) in [4.78, 5) is 23.5. The molecule has 0 aliphatic carbocycles. The number of aliphatic hydroxyl groups excluding tert-OH is 1. The van der Waals surface area contributed by atoms with Crippen LogP contribution in [0.4, 0.5) is 24.8 Å². The molecule has 0 radical (unpaired) electrons. The first-order valence-corrected chi connectivity index (χ1v) is 16.5. The van der Waals surface area contributed by atoms with Crippen molar-refractivity contribution in [2.75, 3.05) is 89.1 Å². The predicted molar refractivity (Wildman–Crippen MR) is 180 cm³/mol. The van der Waals surface area contributed by atoms with Crippen LogP contribution in [0.2, 0.25) is 0 Å². The third kappa shape index (κ3) is 14.6. The standard InChI is InChI=1S/C22H34F3N5O6.C12H16N.Li/c1-3-30(4-2)12-17-20(32)15(13-31)16(14-36-17)27-21-28-18(22(23,24)25)11-19(29-21)35-10-9-34-8-7-33-6-5-26;1-11-7-9-13(10-8-11)12-5-3-2-4-6-12;/h11,13,15-17,20,32H,1-10,12,14,26H2,(H,27,28,29);2-6,11H,1,7-10H2;/q-2;-1;+1/t15-,16+,17-,20-;;/m1../s1. The number of nitrogens with one attached hydrogen (secondary N) is 1. The summed E-state index contributed by atoms with van der Waals surface area (Å²) < 4.78 is 61.6. The van der Waals surface area contributed by atoms with Crippen LogP contribution in [0.5, 0.6) is 5.88 Å². The van der Waals surface area contributed by atoms with Crippen LogP contribution in [0, 0.1) is 32.6 Å². The van der Waals surface area contributed by atoms with Gasteiger partial charge in [0.1, 0.15) is 12.9 Å². The van der Waals surface area contributed by atoms with E-state index in [0.717, 1.165) is 13.1 Å². The zero-order valence-corrected chi connectivity index (χ0v) is 28.9. The Balaban J connectivity index is 0.000000514. The molecule has 16 heteroatoms. The molecule has 0 amide bonds. The molecule has 2 saturated heterocycles. The van der Waals surface area contributed by atoms with Gasteiger partial charge < -0.3 is 70.5 Å². The summed E-state index contributed by atoms with van der Waals surface area (Å²) in [6.45, 7) is 16.5. The van der Waals surface area contributed by atoms with Gasteiger partial charge in [-0.1, -0.05) is 31.0 Å². The van der Waals surface area contributed by atoms with Crippen molar-refractivity contribution in [1.29, 1.82) is 0 Å². The summed E-state index contributed by atoms with van der Waals surface area (Å²) >= 11 is 0. The molecule has 2 aliphatic rings. The molecule has 4 N–H and O–H groups in total. The maximum absolute atomic E-state index is 13.4. The number of nitrogens with zero attached hydrogens (tertiary/aromatic N) is 4. The number of carbonyl (C=O) groups is 1. The van der Waals surface area contributed by atoms with Gasteiger partial charge in [0, 0.05) is 37.9 Å². The molecule has 2 aromatic rings. The third-order valence-corrected chi connectivity index (χ3v) is 8.11. The first-order chi connectivity index (χ1) is 23.6. The zero-order valence-electron chi connectivity index (χ0n) is 28.9. The number of para-hydroxylation sites is 1. The van der Waals surface area contributed by atoms with Crippen molar-refractivity contribution in [2.45, 2.75) is 37.3 Å². The molecule has 3 heterocycles. The summed E-state index contributed by atoms with van der Waals surface area (Å²) in [5.74, 6) is -1.06. The number of aromatic nitrogens is 2. The Morgan fingerprint density at radius 1 is 1.06 bits per heavy atom. The van der Waals surface area contributed by atoms with E-state index >= 15 is 0 Å². The number of aldehydes is 1. The summed E-state index contributed by atoms with van der Waals surface area (Å²) in [6.07, 6.45) is -3.66. The average Bonchev–Trinajstić information content (AvgIpc) is 3.10. The molecule has 2 fully saturated rings. The molecule has 276 valence electrons. The summed E-state index contributed by atoms with van der Waals surface area (Å²) in [6, 6.07) is 10.4. The molecule has 0 bridgehead atoms. The minimum Gasteiger partial charge on any atom is -0.475 e. The second kappa shape index (κ2) is 23.2. The van der Waals surface area contributed by atoms with Gasteiger partial charge in [-0.25, -0.2) is 4.98 Å². The number of aliphatic hydroxyl groups is 1. The van der Waals surface area contributed by atoms with E-state index in [9.17, 15) is 23.1 Å². The fourth-order valence-electron chi connectivity index (χ4n) is 5.26. The van der Waals surface area contributed by atoms with Crippen LogP contribution in [-0.4, -0.2) is 123 Å². The van der Waals surface area contributed by atoms with Crippen LogP contribution in [0.15, 0.2) is 36.4 Å². The Hall–Kier alpha value is -2.48. The van der Waals surface area contributed by atoms with Gasteiger partial charge >= 0.3 is 25.0 Å². The number of hydrogen-bond acceptors (Lipinski definition) is 12. The largest absolute Gasteiger partial charge is 1.00 e. The van der Waals surface area contributed by atoms with Crippen LogP contribution >= 0.6 is 0 Å². The Bertz CT molecular complexity index is 1210. The zero-order chi connectivity index (χ0) is 35.6. The van der Waals surface area contributed by atoms with E-state index in [4.69, 9.17) is 24.7 Å². The molecule has 0 saturated carbocycles. The molecule has 2 aliphatic heterocycles. The fourth-order valence-corrected chi connectivity index (χ4v) is 5.26. The Kier molecular flexibility index (Phi) is 20.2. The number of halogens is 3. The second-order valence-corrected chi connectivity index (χ2v) is 11.7. The van der Waals surface area contributed by atoms with Crippen molar-refractivity contribution in [3.8, 4) is 5.88 Å². The van der Waals surface area contributed by atoms with Crippen molar-refractivity contribution in [2.24, 2.45) is 17.6 Å². The molecule has 1 aromatic heterocycles. The summed E-state index contributed by atoms with van der Waals surface area (Å²) in [7, 11) is 0. The minimum atomic E-state index is -4.77. The third-order valence-electron chi connectivity index (χ3n) is 8.11. The number of hydrogen-bond donors (Lipinski definition) is 3. The van der Waals surface area contributed by atoms with Gasteiger partial charge in [0.2, 0.25) is 11.8 Å². The Morgan fingerprint density at radius 2 is 1.70 bits per heavy atom. The van der Waals surface area contributed by atoms with E-state index in [2.05, 4.69) is 71.3 Å². The van der Waals surface area contributed by atoms with E-state index in [0.29, 0.717) is 57.7 Å². The van der Waals surface area contributed by atoms with Crippen molar-refractivity contribution in [1.82, 2.24) is 14.9 Å². The number of benzene rings is 1. The molecule has 0 spiro atoms. The van der Waals surface area contributed by atoms with Crippen molar-refractivity contribution < 1.29 is 60.9 Å². The topological polar surface area (TPSA) is 145 Å². The van der Waals surface area contributed by atoms with Gasteiger partial charge in [-0.2, -0.15) is 24.1 Å². The normalized spacial score (nSPS) is 21.2. The average molecular weight is 703 g/mol. The number of nitrogens with two attached hydrogens (primary N) is 1. The van der Waals surface area contributed by atoms with E-state index in [-0.39, 0.29) is 51.2 Å². The molecular weight excluding hydrogens is 652 g/mol. The number of alkyl halides is 3. The first kappa shape index (κ1) is 43.7. The maximum Gasteiger partial charge on any atom is 1.00 e. The molecule has 4 rings (SSSR count). The van der Waals surface area contributed by atoms with E-state index < -0.39 is 42.0 Å². The maximum atomic E-state index is 13.4. The van der Waals surface area contributed by atoms with Gasteiger partial charge in [0.05, 0.1) is 57.2 Å². The molecule has 50 heavy (non-hydrogen) atoms. The van der Waals surface area contributed by atoms with Gasteiger partial charge in [-0.15, -0.1) is 13.1 Å². The summed E-state index contributed by atoms with van der Waals surface area (Å²) in [5.41, 5.74) is 5.42. The molecule has 0 unspecified atom stereocenters. The van der Waals surface area contributed by atoms with Crippen molar-refractivity contribution in [3.05, 3.63) is 62.9 Å². The van der Waals surface area contributed by atoms with Gasteiger partial charge in [-0.3, -0.25) is 0 Å². The van der Waals surface area contributed by atoms with Crippen LogP contribution in [0.1, 0.15) is 18.5 Å². The molecular formula is C34H50F3LiN6O6-2. The van der Waals surface area contributed by atoms with Crippen LogP contribution < -0.4 is 39.5 Å². The Labute approximate surface area is 305 Å². The fraction of sp³-hybridized carbons (Fsp3) is 0.588. The molecule has 1 aromatic carbocycles. The van der Waals surface area contributed by atoms with E-state index in [1.165, 1.54) is 18.5 Å². The monoisotopic (exact) mass is 702 g/mol.